The average Bonchev–Trinajstić information content (AvgIpc) is 2.67. The Labute approximate surface area is 109 Å². The molecule has 3 heteroatoms. The highest BCUT2D eigenvalue weighted by Crippen LogP contribution is 2.18. The van der Waals surface area contributed by atoms with Gasteiger partial charge in [-0.05, 0) is 24.5 Å². The fourth-order valence-corrected chi connectivity index (χ4v) is 2.61. The van der Waals surface area contributed by atoms with Gasteiger partial charge in [-0.3, -0.25) is 4.79 Å². The SMILES string of the molecule is NCc1ccccc1C(=O)NC1CCCCCC1. The zero-order chi connectivity index (χ0) is 12.8. The summed E-state index contributed by atoms with van der Waals surface area (Å²) in [6, 6.07) is 7.92. The van der Waals surface area contributed by atoms with E-state index in [4.69, 9.17) is 5.73 Å². The summed E-state index contributed by atoms with van der Waals surface area (Å²) < 4.78 is 0. The van der Waals surface area contributed by atoms with E-state index in [0.717, 1.165) is 24.0 Å². The van der Waals surface area contributed by atoms with E-state index in [1.807, 2.05) is 24.3 Å². The summed E-state index contributed by atoms with van der Waals surface area (Å²) in [5.74, 6) is 0.0305. The van der Waals surface area contributed by atoms with E-state index < -0.39 is 0 Å². The Bertz CT molecular complexity index is 395. The first-order chi connectivity index (χ1) is 8.81. The molecule has 1 saturated carbocycles. The first-order valence-electron chi connectivity index (χ1n) is 6.90. The molecule has 18 heavy (non-hydrogen) atoms. The van der Waals surface area contributed by atoms with Crippen LogP contribution in [0.3, 0.4) is 0 Å². The van der Waals surface area contributed by atoms with Gasteiger partial charge in [-0.1, -0.05) is 43.9 Å². The first kappa shape index (κ1) is 13.1. The molecule has 1 aliphatic carbocycles. The van der Waals surface area contributed by atoms with Crippen molar-refractivity contribution in [2.75, 3.05) is 0 Å². The standard InChI is InChI=1S/C15H22N2O/c16-11-12-7-5-6-10-14(12)15(18)17-13-8-3-1-2-4-9-13/h5-7,10,13H,1-4,8-9,11,16H2,(H,17,18). The van der Waals surface area contributed by atoms with Gasteiger partial charge in [-0.2, -0.15) is 0 Å². The largest absolute Gasteiger partial charge is 0.349 e. The molecule has 3 N–H and O–H groups in total. The highest BCUT2D eigenvalue weighted by Gasteiger charge is 2.17. The second-order valence-corrected chi connectivity index (χ2v) is 5.02. The van der Waals surface area contributed by atoms with E-state index in [0.29, 0.717) is 12.6 Å². The molecule has 0 atom stereocenters. The lowest BCUT2D eigenvalue weighted by atomic mass is 10.0. The van der Waals surface area contributed by atoms with Crippen molar-refractivity contribution in [1.82, 2.24) is 5.32 Å². The van der Waals surface area contributed by atoms with Crippen molar-refractivity contribution < 1.29 is 4.79 Å². The number of hydrogen-bond donors (Lipinski definition) is 2. The highest BCUT2D eigenvalue weighted by atomic mass is 16.1. The number of hydrogen-bond acceptors (Lipinski definition) is 2. The molecule has 1 aliphatic rings. The second kappa shape index (κ2) is 6.55. The maximum Gasteiger partial charge on any atom is 0.251 e. The Morgan fingerprint density at radius 2 is 1.83 bits per heavy atom. The van der Waals surface area contributed by atoms with Gasteiger partial charge in [0.1, 0.15) is 0 Å². The Hall–Kier alpha value is -1.35. The van der Waals surface area contributed by atoms with Gasteiger partial charge in [0.05, 0.1) is 0 Å². The summed E-state index contributed by atoms with van der Waals surface area (Å²) in [7, 11) is 0. The molecule has 1 aromatic rings. The molecule has 0 heterocycles. The van der Waals surface area contributed by atoms with Crippen molar-refractivity contribution in [3.05, 3.63) is 35.4 Å². The number of carbonyl (C=O) groups excluding carboxylic acids is 1. The minimum Gasteiger partial charge on any atom is -0.349 e. The molecule has 2 rings (SSSR count). The lowest BCUT2D eigenvalue weighted by Gasteiger charge is -2.17. The zero-order valence-corrected chi connectivity index (χ0v) is 10.8. The predicted octanol–water partition coefficient (Wildman–Crippen LogP) is 2.60. The molecule has 1 aromatic carbocycles. The minimum atomic E-state index is 0.0305. The highest BCUT2D eigenvalue weighted by molar-refractivity contribution is 5.95. The van der Waals surface area contributed by atoms with Crippen molar-refractivity contribution >= 4 is 5.91 Å². The van der Waals surface area contributed by atoms with Crippen molar-refractivity contribution in [2.45, 2.75) is 51.1 Å². The van der Waals surface area contributed by atoms with Gasteiger partial charge in [0, 0.05) is 18.2 Å². The number of benzene rings is 1. The first-order valence-corrected chi connectivity index (χ1v) is 6.90. The molecule has 0 bridgehead atoms. The quantitative estimate of drug-likeness (QED) is 0.805. The Morgan fingerprint density at radius 1 is 1.17 bits per heavy atom. The van der Waals surface area contributed by atoms with E-state index >= 15 is 0 Å². The average molecular weight is 246 g/mol. The lowest BCUT2D eigenvalue weighted by molar-refractivity contribution is 0.0932. The van der Waals surface area contributed by atoms with E-state index in [2.05, 4.69) is 5.32 Å². The molecule has 0 radical (unpaired) electrons. The van der Waals surface area contributed by atoms with Crippen LogP contribution in [-0.4, -0.2) is 11.9 Å². The van der Waals surface area contributed by atoms with Crippen LogP contribution in [0.2, 0.25) is 0 Å². The van der Waals surface area contributed by atoms with E-state index in [9.17, 15) is 4.79 Å². The van der Waals surface area contributed by atoms with Crippen LogP contribution in [0.4, 0.5) is 0 Å². The van der Waals surface area contributed by atoms with Crippen LogP contribution < -0.4 is 11.1 Å². The minimum absolute atomic E-state index is 0.0305. The van der Waals surface area contributed by atoms with Gasteiger partial charge < -0.3 is 11.1 Å². The van der Waals surface area contributed by atoms with Gasteiger partial charge in [-0.25, -0.2) is 0 Å². The van der Waals surface area contributed by atoms with Crippen molar-refractivity contribution in [3.63, 3.8) is 0 Å². The maximum absolute atomic E-state index is 12.2. The van der Waals surface area contributed by atoms with Gasteiger partial charge in [0.25, 0.3) is 5.91 Å². The summed E-state index contributed by atoms with van der Waals surface area (Å²) in [5, 5.41) is 3.16. The van der Waals surface area contributed by atoms with Crippen LogP contribution in [0.1, 0.15) is 54.4 Å². The van der Waals surface area contributed by atoms with Crippen LogP contribution in [0.5, 0.6) is 0 Å². The summed E-state index contributed by atoms with van der Waals surface area (Å²) >= 11 is 0. The third-order valence-electron chi connectivity index (χ3n) is 3.67. The van der Waals surface area contributed by atoms with Gasteiger partial charge in [0.15, 0.2) is 0 Å². The second-order valence-electron chi connectivity index (χ2n) is 5.02. The molecule has 0 unspecified atom stereocenters. The summed E-state index contributed by atoms with van der Waals surface area (Å²) in [6.45, 7) is 0.411. The van der Waals surface area contributed by atoms with Crippen LogP contribution in [0.25, 0.3) is 0 Å². The topological polar surface area (TPSA) is 55.1 Å². The molecule has 0 spiro atoms. The molecule has 98 valence electrons. The molecule has 1 fully saturated rings. The molecule has 0 saturated heterocycles. The van der Waals surface area contributed by atoms with Crippen molar-refractivity contribution in [1.29, 1.82) is 0 Å². The number of carbonyl (C=O) groups is 1. The fraction of sp³-hybridized carbons (Fsp3) is 0.533. The normalized spacial score (nSPS) is 17.2. The number of rotatable bonds is 3. The molecule has 1 amide bonds. The van der Waals surface area contributed by atoms with E-state index in [1.165, 1.54) is 25.7 Å². The van der Waals surface area contributed by atoms with Gasteiger partial charge in [0.2, 0.25) is 0 Å². The fourth-order valence-electron chi connectivity index (χ4n) is 2.61. The molecule has 0 aromatic heterocycles. The van der Waals surface area contributed by atoms with Crippen LogP contribution in [-0.2, 0) is 6.54 Å². The number of nitrogens with one attached hydrogen (secondary N) is 1. The summed E-state index contributed by atoms with van der Waals surface area (Å²) in [4.78, 5) is 12.2. The Morgan fingerprint density at radius 3 is 2.50 bits per heavy atom. The molecular formula is C15H22N2O. The van der Waals surface area contributed by atoms with E-state index in [-0.39, 0.29) is 5.91 Å². The number of nitrogens with two attached hydrogens (primary N) is 1. The predicted molar refractivity (Wildman–Crippen MR) is 73.3 cm³/mol. The van der Waals surface area contributed by atoms with Crippen molar-refractivity contribution in [3.8, 4) is 0 Å². The van der Waals surface area contributed by atoms with Crippen molar-refractivity contribution in [2.24, 2.45) is 5.73 Å². The Balaban J connectivity index is 2.02. The third-order valence-corrected chi connectivity index (χ3v) is 3.67. The van der Waals surface area contributed by atoms with E-state index in [1.54, 1.807) is 0 Å². The van der Waals surface area contributed by atoms with Gasteiger partial charge >= 0.3 is 0 Å². The van der Waals surface area contributed by atoms with Crippen LogP contribution in [0.15, 0.2) is 24.3 Å². The van der Waals surface area contributed by atoms with Gasteiger partial charge in [-0.15, -0.1) is 0 Å². The molecular weight excluding hydrogens is 224 g/mol. The monoisotopic (exact) mass is 246 g/mol. The van der Waals surface area contributed by atoms with Crippen LogP contribution in [0, 0.1) is 0 Å². The summed E-state index contributed by atoms with van der Waals surface area (Å²) in [5.41, 5.74) is 7.31. The molecule has 0 aliphatic heterocycles. The third kappa shape index (κ3) is 3.33. The van der Waals surface area contributed by atoms with Crippen LogP contribution >= 0.6 is 0 Å². The number of amides is 1. The maximum atomic E-state index is 12.2. The zero-order valence-electron chi connectivity index (χ0n) is 10.8. The smallest absolute Gasteiger partial charge is 0.251 e. The lowest BCUT2D eigenvalue weighted by Crippen LogP contribution is -2.35. The summed E-state index contributed by atoms with van der Waals surface area (Å²) in [6.07, 6.45) is 7.26. The Kier molecular flexibility index (Phi) is 4.76. The molecule has 3 nitrogen and oxygen atoms in total.